The molecule has 0 radical (unpaired) electrons. The maximum absolute atomic E-state index is 11.8. The molecule has 3 aromatic rings. The summed E-state index contributed by atoms with van der Waals surface area (Å²) in [7, 11) is 0. The van der Waals surface area contributed by atoms with Crippen LogP contribution < -0.4 is 10.6 Å². The van der Waals surface area contributed by atoms with Gasteiger partial charge in [0.1, 0.15) is 10.6 Å². The molecule has 1 aliphatic heterocycles. The molecule has 1 unspecified atom stereocenters. The van der Waals surface area contributed by atoms with Gasteiger partial charge in [-0.15, -0.1) is 11.3 Å². The molecule has 1 atom stereocenters. The third-order valence-electron chi connectivity index (χ3n) is 5.59. The van der Waals surface area contributed by atoms with Gasteiger partial charge in [0.15, 0.2) is 5.82 Å². The molecule has 3 aromatic heterocycles. The van der Waals surface area contributed by atoms with Gasteiger partial charge in [-0.25, -0.2) is 9.97 Å². The first kappa shape index (κ1) is 16.6. The van der Waals surface area contributed by atoms with Crippen molar-refractivity contribution in [3.8, 4) is 11.4 Å². The zero-order valence-corrected chi connectivity index (χ0v) is 15.8. The average molecular weight is 379 g/mol. The van der Waals surface area contributed by atoms with Crippen LogP contribution in [0.5, 0.6) is 0 Å². The van der Waals surface area contributed by atoms with Crippen LogP contribution in [0.2, 0.25) is 0 Å². The highest BCUT2D eigenvalue weighted by Crippen LogP contribution is 2.42. The summed E-state index contributed by atoms with van der Waals surface area (Å²) in [6.45, 7) is 1.53. The molecule has 0 saturated carbocycles. The van der Waals surface area contributed by atoms with Gasteiger partial charge in [-0.2, -0.15) is 0 Å². The summed E-state index contributed by atoms with van der Waals surface area (Å²) in [5.74, 6) is 1.33. The third-order valence-corrected chi connectivity index (χ3v) is 6.77. The number of piperidine rings is 1. The van der Waals surface area contributed by atoms with Gasteiger partial charge in [0, 0.05) is 35.9 Å². The SMILES string of the molecule is NC(=O)C1CCCN(c2nc(-c3cccnc3)nc3sc4c(c23)CCC4)C1. The summed E-state index contributed by atoms with van der Waals surface area (Å²) in [5.41, 5.74) is 7.93. The van der Waals surface area contributed by atoms with E-state index in [1.807, 2.05) is 12.1 Å². The van der Waals surface area contributed by atoms with E-state index in [9.17, 15) is 4.79 Å². The van der Waals surface area contributed by atoms with Crippen LogP contribution in [0.4, 0.5) is 5.82 Å². The van der Waals surface area contributed by atoms with Crippen LogP contribution in [0.25, 0.3) is 21.6 Å². The second-order valence-electron chi connectivity index (χ2n) is 7.34. The molecule has 0 spiro atoms. The van der Waals surface area contributed by atoms with Crippen LogP contribution in [0.3, 0.4) is 0 Å². The van der Waals surface area contributed by atoms with E-state index in [0.29, 0.717) is 12.4 Å². The van der Waals surface area contributed by atoms with E-state index in [-0.39, 0.29) is 11.8 Å². The molecule has 6 nitrogen and oxygen atoms in total. The van der Waals surface area contributed by atoms with Gasteiger partial charge < -0.3 is 10.6 Å². The number of aromatic nitrogens is 3. The van der Waals surface area contributed by atoms with Crippen LogP contribution in [-0.2, 0) is 17.6 Å². The average Bonchev–Trinajstić information content (AvgIpc) is 3.29. The van der Waals surface area contributed by atoms with Crippen molar-refractivity contribution in [3.05, 3.63) is 35.0 Å². The Morgan fingerprint density at radius 3 is 3.00 bits per heavy atom. The van der Waals surface area contributed by atoms with Crippen molar-refractivity contribution in [2.45, 2.75) is 32.1 Å². The summed E-state index contributed by atoms with van der Waals surface area (Å²) in [4.78, 5) is 30.6. The van der Waals surface area contributed by atoms with Crippen molar-refractivity contribution in [2.75, 3.05) is 18.0 Å². The Bertz CT molecular complexity index is 1020. The van der Waals surface area contributed by atoms with E-state index < -0.39 is 0 Å². The zero-order chi connectivity index (χ0) is 18.4. The molecule has 1 aliphatic carbocycles. The Morgan fingerprint density at radius 2 is 2.19 bits per heavy atom. The first-order chi connectivity index (χ1) is 13.2. The van der Waals surface area contributed by atoms with E-state index in [0.717, 1.165) is 48.4 Å². The van der Waals surface area contributed by atoms with Crippen LogP contribution in [0.1, 0.15) is 29.7 Å². The molecule has 1 saturated heterocycles. The first-order valence-corrected chi connectivity index (χ1v) is 10.3. The van der Waals surface area contributed by atoms with E-state index in [1.54, 1.807) is 23.7 Å². The third kappa shape index (κ3) is 2.86. The largest absolute Gasteiger partial charge is 0.369 e. The molecule has 2 N–H and O–H groups in total. The fourth-order valence-electron chi connectivity index (χ4n) is 4.23. The minimum absolute atomic E-state index is 0.114. The minimum atomic E-state index is -0.215. The topological polar surface area (TPSA) is 85.0 Å². The van der Waals surface area contributed by atoms with E-state index in [2.05, 4.69) is 9.88 Å². The number of hydrogen-bond donors (Lipinski definition) is 1. The normalized spacial score (nSPS) is 19.4. The number of hydrogen-bond acceptors (Lipinski definition) is 6. The van der Waals surface area contributed by atoms with Gasteiger partial charge in [-0.3, -0.25) is 9.78 Å². The Hall–Kier alpha value is -2.54. The van der Waals surface area contributed by atoms with Gasteiger partial charge in [-0.05, 0) is 49.8 Å². The molecule has 27 heavy (non-hydrogen) atoms. The van der Waals surface area contributed by atoms with Gasteiger partial charge in [0.25, 0.3) is 0 Å². The van der Waals surface area contributed by atoms with Crippen LogP contribution in [0.15, 0.2) is 24.5 Å². The number of aryl methyl sites for hydroxylation is 2. The van der Waals surface area contributed by atoms with Crippen molar-refractivity contribution in [3.63, 3.8) is 0 Å². The molecule has 7 heteroatoms. The number of nitrogens with two attached hydrogens (primary N) is 1. The summed E-state index contributed by atoms with van der Waals surface area (Å²) < 4.78 is 0. The highest BCUT2D eigenvalue weighted by Gasteiger charge is 2.29. The maximum Gasteiger partial charge on any atom is 0.222 e. The first-order valence-electron chi connectivity index (χ1n) is 9.47. The van der Waals surface area contributed by atoms with Crippen molar-refractivity contribution >= 4 is 33.3 Å². The molecule has 0 aromatic carbocycles. The Balaban J connectivity index is 1.67. The highest BCUT2D eigenvalue weighted by molar-refractivity contribution is 7.19. The quantitative estimate of drug-likeness (QED) is 0.756. The fourth-order valence-corrected chi connectivity index (χ4v) is 5.49. The zero-order valence-electron chi connectivity index (χ0n) is 15.0. The van der Waals surface area contributed by atoms with E-state index in [4.69, 9.17) is 15.7 Å². The number of primary amides is 1. The van der Waals surface area contributed by atoms with E-state index >= 15 is 0 Å². The van der Waals surface area contributed by atoms with Gasteiger partial charge in [0.05, 0.1) is 11.3 Å². The van der Waals surface area contributed by atoms with Crippen molar-refractivity contribution < 1.29 is 4.79 Å². The van der Waals surface area contributed by atoms with Crippen LogP contribution in [0, 0.1) is 5.92 Å². The Labute approximate surface area is 161 Å². The summed E-state index contributed by atoms with van der Waals surface area (Å²) in [5, 5.41) is 1.19. The van der Waals surface area contributed by atoms with Crippen molar-refractivity contribution in [2.24, 2.45) is 11.7 Å². The summed E-state index contributed by atoms with van der Waals surface area (Å²) in [6.07, 6.45) is 8.78. The molecular weight excluding hydrogens is 358 g/mol. The maximum atomic E-state index is 11.8. The molecule has 1 fully saturated rings. The number of rotatable bonds is 3. The van der Waals surface area contributed by atoms with Crippen molar-refractivity contribution in [1.82, 2.24) is 15.0 Å². The highest BCUT2D eigenvalue weighted by atomic mass is 32.1. The number of thiophene rings is 1. The monoisotopic (exact) mass is 379 g/mol. The number of nitrogens with zero attached hydrogens (tertiary/aromatic N) is 4. The number of anilines is 1. The second-order valence-corrected chi connectivity index (χ2v) is 8.42. The van der Waals surface area contributed by atoms with Gasteiger partial charge in [0.2, 0.25) is 5.91 Å². The minimum Gasteiger partial charge on any atom is -0.369 e. The molecule has 4 heterocycles. The van der Waals surface area contributed by atoms with Crippen LogP contribution >= 0.6 is 11.3 Å². The number of carbonyl (C=O) groups is 1. The summed E-state index contributed by atoms with van der Waals surface area (Å²) >= 11 is 1.79. The lowest BCUT2D eigenvalue weighted by Gasteiger charge is -2.32. The molecular formula is C20H21N5OS. The fraction of sp³-hybridized carbons (Fsp3) is 0.400. The Morgan fingerprint density at radius 1 is 1.26 bits per heavy atom. The molecule has 5 rings (SSSR count). The predicted molar refractivity (Wildman–Crippen MR) is 107 cm³/mol. The molecule has 0 bridgehead atoms. The lowest BCUT2D eigenvalue weighted by Crippen LogP contribution is -2.41. The van der Waals surface area contributed by atoms with Gasteiger partial charge in [-0.1, -0.05) is 0 Å². The van der Waals surface area contributed by atoms with Gasteiger partial charge >= 0.3 is 0 Å². The molecule has 1 amide bonds. The second kappa shape index (κ2) is 6.56. The van der Waals surface area contributed by atoms with E-state index in [1.165, 1.54) is 22.2 Å². The number of amides is 1. The molecule has 2 aliphatic rings. The molecule has 138 valence electrons. The smallest absolute Gasteiger partial charge is 0.222 e. The standard InChI is InChI=1S/C20H21N5OS/c21-17(26)13-5-3-9-25(11-13)19-16-14-6-1-7-15(14)27-20(16)24-18(23-19)12-4-2-8-22-10-12/h2,4,8,10,13H,1,3,5-7,9,11H2,(H2,21,26). The number of carbonyl (C=O) groups excluding carboxylic acids is 1. The number of pyridine rings is 1. The summed E-state index contributed by atoms with van der Waals surface area (Å²) in [6, 6.07) is 3.89. The van der Waals surface area contributed by atoms with Crippen LogP contribution in [-0.4, -0.2) is 33.9 Å². The van der Waals surface area contributed by atoms with Crippen molar-refractivity contribution in [1.29, 1.82) is 0 Å². The lowest BCUT2D eigenvalue weighted by atomic mass is 9.97. The predicted octanol–water partition coefficient (Wildman–Crippen LogP) is 2.94. The lowest BCUT2D eigenvalue weighted by molar-refractivity contribution is -0.122. The Kier molecular flexibility index (Phi) is 4.04. The number of fused-ring (bicyclic) bond motifs is 3.